The van der Waals surface area contributed by atoms with Gasteiger partial charge in [-0.1, -0.05) is 18.6 Å². The third-order valence-corrected chi connectivity index (χ3v) is 7.36. The van der Waals surface area contributed by atoms with E-state index in [1.165, 1.54) is 0 Å². The van der Waals surface area contributed by atoms with E-state index in [1.54, 1.807) is 0 Å². The SMILES string of the molecule is C[C@]12C[C@H](C(F)F)[C@H]3[C@@H](CC=C4CC(=O)CC[C@@H]43)[C@@H]1CCC2=O. The van der Waals surface area contributed by atoms with Gasteiger partial charge in [-0.2, -0.15) is 0 Å². The summed E-state index contributed by atoms with van der Waals surface area (Å²) in [5.41, 5.74) is 0.569. The molecule has 4 aliphatic rings. The highest BCUT2D eigenvalue weighted by atomic mass is 19.3. The fourth-order valence-electron chi connectivity index (χ4n) is 6.34. The highest BCUT2D eigenvalue weighted by Gasteiger charge is 2.60. The zero-order valence-corrected chi connectivity index (χ0v) is 13.6. The van der Waals surface area contributed by atoms with Crippen molar-refractivity contribution >= 4 is 11.6 Å². The second-order valence-corrected chi connectivity index (χ2v) is 8.30. The lowest BCUT2D eigenvalue weighted by Gasteiger charge is -2.54. The van der Waals surface area contributed by atoms with E-state index in [1.807, 2.05) is 6.92 Å². The van der Waals surface area contributed by atoms with Crippen LogP contribution in [0.3, 0.4) is 0 Å². The summed E-state index contributed by atoms with van der Waals surface area (Å²) in [7, 11) is 0. The third kappa shape index (κ3) is 2.16. The summed E-state index contributed by atoms with van der Waals surface area (Å²) in [6.07, 6.45) is 4.04. The smallest absolute Gasteiger partial charge is 0.241 e. The molecule has 0 N–H and O–H groups in total. The van der Waals surface area contributed by atoms with E-state index in [0.29, 0.717) is 25.7 Å². The second kappa shape index (κ2) is 5.22. The Bertz CT molecular complexity index is 582. The van der Waals surface area contributed by atoms with Gasteiger partial charge in [-0.05, 0) is 49.4 Å². The van der Waals surface area contributed by atoms with Crippen molar-refractivity contribution in [2.24, 2.45) is 35.0 Å². The molecule has 0 aromatic heterocycles. The molecule has 0 amide bonds. The average molecular weight is 322 g/mol. The molecule has 3 fully saturated rings. The van der Waals surface area contributed by atoms with E-state index in [9.17, 15) is 18.4 Å². The summed E-state index contributed by atoms with van der Waals surface area (Å²) < 4.78 is 27.8. The van der Waals surface area contributed by atoms with Gasteiger partial charge in [-0.25, -0.2) is 8.78 Å². The lowest BCUT2D eigenvalue weighted by atomic mass is 9.49. The van der Waals surface area contributed by atoms with E-state index in [-0.39, 0.29) is 35.2 Å². The number of ketones is 2. The molecule has 0 unspecified atom stereocenters. The molecule has 0 saturated heterocycles. The predicted octanol–water partition coefficient (Wildman–Crippen LogP) is 4.19. The number of rotatable bonds is 1. The molecule has 4 rings (SSSR count). The molecular weight excluding hydrogens is 298 g/mol. The fourth-order valence-corrected chi connectivity index (χ4v) is 6.34. The van der Waals surface area contributed by atoms with Gasteiger partial charge in [0.05, 0.1) is 0 Å². The van der Waals surface area contributed by atoms with Crippen LogP contribution >= 0.6 is 0 Å². The molecule has 2 nitrogen and oxygen atoms in total. The molecule has 126 valence electrons. The summed E-state index contributed by atoms with van der Waals surface area (Å²) in [4.78, 5) is 24.1. The van der Waals surface area contributed by atoms with Gasteiger partial charge in [0, 0.05) is 30.6 Å². The minimum absolute atomic E-state index is 0.0351. The molecule has 0 bridgehead atoms. The number of hydrogen-bond acceptors (Lipinski definition) is 2. The zero-order valence-electron chi connectivity index (χ0n) is 13.6. The fraction of sp³-hybridized carbons (Fsp3) is 0.789. The van der Waals surface area contributed by atoms with Crippen molar-refractivity contribution in [1.29, 1.82) is 0 Å². The van der Waals surface area contributed by atoms with Gasteiger partial charge in [-0.15, -0.1) is 0 Å². The van der Waals surface area contributed by atoms with E-state index >= 15 is 0 Å². The number of carbonyl (C=O) groups excluding carboxylic acids is 2. The Morgan fingerprint density at radius 2 is 2.00 bits per heavy atom. The maximum absolute atomic E-state index is 13.9. The van der Waals surface area contributed by atoms with Crippen LogP contribution in [0.25, 0.3) is 0 Å². The van der Waals surface area contributed by atoms with Crippen molar-refractivity contribution < 1.29 is 18.4 Å². The minimum atomic E-state index is -2.37. The predicted molar refractivity (Wildman–Crippen MR) is 82.0 cm³/mol. The monoisotopic (exact) mass is 322 g/mol. The lowest BCUT2D eigenvalue weighted by molar-refractivity contribution is -0.140. The van der Waals surface area contributed by atoms with Gasteiger partial charge in [0.2, 0.25) is 6.43 Å². The normalized spacial score (nSPS) is 46.3. The van der Waals surface area contributed by atoms with Crippen LogP contribution in [-0.2, 0) is 9.59 Å². The molecule has 0 heterocycles. The molecule has 3 saturated carbocycles. The number of fused-ring (bicyclic) bond motifs is 5. The van der Waals surface area contributed by atoms with Gasteiger partial charge >= 0.3 is 0 Å². The number of allylic oxidation sites excluding steroid dienone is 2. The van der Waals surface area contributed by atoms with Crippen LogP contribution in [0.1, 0.15) is 51.9 Å². The maximum atomic E-state index is 13.9. The Kier molecular flexibility index (Phi) is 3.51. The highest BCUT2D eigenvalue weighted by molar-refractivity contribution is 5.87. The Hall–Kier alpha value is -1.06. The first-order valence-electron chi connectivity index (χ1n) is 8.94. The minimum Gasteiger partial charge on any atom is -0.299 e. The standard InChI is InChI=1S/C19H24F2O2/c1-19-9-14(18(20)21)17-12-5-3-11(22)8-10(12)2-4-13(17)15(19)6-7-16(19)23/h2,12-15,17-18H,3-9H2,1H3/t12-,13-,14-,15-,17+,19-/m0/s1. The van der Waals surface area contributed by atoms with E-state index in [0.717, 1.165) is 24.8 Å². The summed E-state index contributed by atoms with van der Waals surface area (Å²) in [5, 5.41) is 0. The van der Waals surface area contributed by atoms with E-state index in [2.05, 4.69) is 6.08 Å². The summed E-state index contributed by atoms with van der Waals surface area (Å²) in [6.45, 7) is 1.93. The number of Topliss-reactive ketones (excluding diaryl/α,β-unsaturated/α-hetero) is 2. The maximum Gasteiger partial charge on any atom is 0.241 e. The quantitative estimate of drug-likeness (QED) is 0.678. The molecule has 6 atom stereocenters. The van der Waals surface area contributed by atoms with Crippen molar-refractivity contribution in [1.82, 2.24) is 0 Å². The molecular formula is C19H24F2O2. The average Bonchev–Trinajstić information content (AvgIpc) is 2.81. The molecule has 0 radical (unpaired) electrons. The molecule has 4 aliphatic carbocycles. The molecule has 0 aromatic carbocycles. The Morgan fingerprint density at radius 1 is 1.22 bits per heavy atom. The number of halogens is 2. The van der Waals surface area contributed by atoms with Gasteiger partial charge in [-0.3, -0.25) is 9.59 Å². The van der Waals surface area contributed by atoms with Crippen LogP contribution in [0, 0.1) is 35.0 Å². The third-order valence-electron chi connectivity index (χ3n) is 7.36. The van der Waals surface area contributed by atoms with Crippen LogP contribution in [0.4, 0.5) is 8.78 Å². The van der Waals surface area contributed by atoms with Crippen molar-refractivity contribution in [2.45, 2.75) is 58.3 Å². The van der Waals surface area contributed by atoms with Crippen molar-refractivity contribution in [3.05, 3.63) is 11.6 Å². The van der Waals surface area contributed by atoms with Crippen LogP contribution in [-0.4, -0.2) is 18.0 Å². The van der Waals surface area contributed by atoms with Gasteiger partial charge in [0.15, 0.2) is 0 Å². The van der Waals surface area contributed by atoms with Crippen LogP contribution in [0.2, 0.25) is 0 Å². The topological polar surface area (TPSA) is 34.1 Å². The van der Waals surface area contributed by atoms with Crippen LogP contribution in [0.15, 0.2) is 11.6 Å². The van der Waals surface area contributed by atoms with Crippen LogP contribution < -0.4 is 0 Å². The van der Waals surface area contributed by atoms with Crippen molar-refractivity contribution in [3.63, 3.8) is 0 Å². The molecule has 23 heavy (non-hydrogen) atoms. The van der Waals surface area contributed by atoms with Crippen molar-refractivity contribution in [3.8, 4) is 0 Å². The Labute approximate surface area is 135 Å². The first-order valence-corrected chi connectivity index (χ1v) is 8.94. The molecule has 0 aliphatic heterocycles. The Morgan fingerprint density at radius 3 is 2.74 bits per heavy atom. The van der Waals surface area contributed by atoms with Gasteiger partial charge < -0.3 is 0 Å². The van der Waals surface area contributed by atoms with E-state index < -0.39 is 17.8 Å². The second-order valence-electron chi connectivity index (χ2n) is 8.30. The number of carbonyl (C=O) groups is 2. The van der Waals surface area contributed by atoms with E-state index in [4.69, 9.17) is 0 Å². The van der Waals surface area contributed by atoms with Crippen LogP contribution in [0.5, 0.6) is 0 Å². The van der Waals surface area contributed by atoms with Crippen molar-refractivity contribution in [2.75, 3.05) is 0 Å². The molecule has 0 aromatic rings. The highest BCUT2D eigenvalue weighted by Crippen LogP contribution is 2.62. The summed E-state index contributed by atoms with van der Waals surface area (Å²) in [6, 6.07) is 0. The zero-order chi connectivity index (χ0) is 16.4. The Balaban J connectivity index is 1.74. The summed E-state index contributed by atoms with van der Waals surface area (Å²) >= 11 is 0. The summed E-state index contributed by atoms with van der Waals surface area (Å²) in [5.74, 6) is 0.311. The van der Waals surface area contributed by atoms with Gasteiger partial charge in [0.1, 0.15) is 11.6 Å². The first-order chi connectivity index (χ1) is 10.9. The number of alkyl halides is 2. The number of hydrogen-bond donors (Lipinski definition) is 0. The lowest BCUT2D eigenvalue weighted by Crippen LogP contribution is -2.52. The largest absolute Gasteiger partial charge is 0.299 e. The molecule has 4 heteroatoms. The molecule has 0 spiro atoms. The first kappa shape index (κ1) is 15.5. The van der Waals surface area contributed by atoms with Gasteiger partial charge in [0.25, 0.3) is 0 Å².